The molecule has 0 atom stereocenters. The van der Waals surface area contributed by atoms with E-state index in [1.807, 2.05) is 0 Å². The molecule has 0 bridgehead atoms. The summed E-state index contributed by atoms with van der Waals surface area (Å²) in [5, 5.41) is 1.85. The number of alkyl halides is 2. The zero-order chi connectivity index (χ0) is 14.6. The molecular weight excluding hydrogens is 444 g/mol. The number of benzene rings is 2. The van der Waals surface area contributed by atoms with Gasteiger partial charge in [0.25, 0.3) is 0 Å². The van der Waals surface area contributed by atoms with Crippen molar-refractivity contribution in [2.75, 3.05) is 10.7 Å². The Balaban J connectivity index is 2.39. The molecule has 0 saturated heterocycles. The van der Waals surface area contributed by atoms with Crippen LogP contribution in [0.3, 0.4) is 0 Å². The average molecular weight is 461 g/mol. The molecule has 3 heteroatoms. The van der Waals surface area contributed by atoms with E-state index >= 15 is 0 Å². The molecule has 0 N–H and O–H groups in total. The van der Waals surface area contributed by atoms with Gasteiger partial charge in [-0.25, -0.2) is 0 Å². The third-order valence-corrected chi connectivity index (χ3v) is 6.58. The Hall–Kier alpha value is -0.120. The van der Waals surface area contributed by atoms with E-state index in [9.17, 15) is 0 Å². The van der Waals surface area contributed by atoms with Crippen molar-refractivity contribution in [3.8, 4) is 0 Å². The molecule has 0 unspecified atom stereocenters. The molecule has 0 nitrogen and oxygen atoms in total. The Morgan fingerprint density at radius 1 is 0.900 bits per heavy atom. The summed E-state index contributed by atoms with van der Waals surface area (Å²) in [4.78, 5) is 0. The Morgan fingerprint density at radius 2 is 1.50 bits per heavy atom. The Morgan fingerprint density at radius 3 is 2.05 bits per heavy atom. The molecule has 0 spiro atoms. The third kappa shape index (κ3) is 3.55. The Kier molecular flexibility index (Phi) is 5.88. The standard InChI is InChI=1S/C17H17Br3/c1-13-6-8-15(9-7-13)17(11-18,12-19)10-14-4-2-3-5-16(14)20/h2-9H,10-12H2,1H3. The van der Waals surface area contributed by atoms with Crippen molar-refractivity contribution in [3.63, 3.8) is 0 Å². The maximum absolute atomic E-state index is 3.73. The van der Waals surface area contributed by atoms with E-state index in [-0.39, 0.29) is 5.41 Å². The maximum Gasteiger partial charge on any atom is 0.0207 e. The first-order chi connectivity index (χ1) is 9.61. The first-order valence-electron chi connectivity index (χ1n) is 6.54. The fourth-order valence-electron chi connectivity index (χ4n) is 2.30. The van der Waals surface area contributed by atoms with E-state index in [0.29, 0.717) is 0 Å². The summed E-state index contributed by atoms with van der Waals surface area (Å²) in [5.74, 6) is 0. The Bertz CT molecular complexity index is 557. The molecule has 2 aromatic carbocycles. The van der Waals surface area contributed by atoms with Crippen LogP contribution in [0.4, 0.5) is 0 Å². The predicted molar refractivity (Wildman–Crippen MR) is 98.3 cm³/mol. The second-order valence-electron chi connectivity index (χ2n) is 5.18. The van der Waals surface area contributed by atoms with Crippen molar-refractivity contribution < 1.29 is 0 Å². The molecule has 0 amide bonds. The van der Waals surface area contributed by atoms with Gasteiger partial charge in [-0.2, -0.15) is 0 Å². The van der Waals surface area contributed by atoms with Crippen molar-refractivity contribution >= 4 is 47.8 Å². The lowest BCUT2D eigenvalue weighted by molar-refractivity contribution is 0.550. The zero-order valence-electron chi connectivity index (χ0n) is 11.4. The fourth-order valence-corrected chi connectivity index (χ4v) is 4.70. The summed E-state index contributed by atoms with van der Waals surface area (Å²) in [7, 11) is 0. The normalized spacial score (nSPS) is 11.6. The van der Waals surface area contributed by atoms with Crippen molar-refractivity contribution in [2.45, 2.75) is 18.8 Å². The van der Waals surface area contributed by atoms with Crippen LogP contribution in [0.5, 0.6) is 0 Å². The molecular formula is C17H17Br3. The van der Waals surface area contributed by atoms with Crippen molar-refractivity contribution in [1.29, 1.82) is 0 Å². The van der Waals surface area contributed by atoms with E-state index in [0.717, 1.165) is 17.1 Å². The molecule has 0 aliphatic rings. The largest absolute Gasteiger partial charge is 0.0918 e. The van der Waals surface area contributed by atoms with Crippen LogP contribution < -0.4 is 0 Å². The number of hydrogen-bond acceptors (Lipinski definition) is 0. The summed E-state index contributed by atoms with van der Waals surface area (Å²) in [5.41, 5.74) is 4.07. The lowest BCUT2D eigenvalue weighted by atomic mass is 9.79. The van der Waals surface area contributed by atoms with Crippen LogP contribution in [-0.4, -0.2) is 10.7 Å². The monoisotopic (exact) mass is 458 g/mol. The fraction of sp³-hybridized carbons (Fsp3) is 0.294. The minimum Gasteiger partial charge on any atom is -0.0918 e. The van der Waals surface area contributed by atoms with Crippen LogP contribution in [0.25, 0.3) is 0 Å². The second kappa shape index (κ2) is 7.24. The van der Waals surface area contributed by atoms with Gasteiger partial charge in [0.1, 0.15) is 0 Å². The molecule has 0 fully saturated rings. The minimum absolute atomic E-state index is 0.0670. The van der Waals surface area contributed by atoms with Crippen LogP contribution in [0.1, 0.15) is 16.7 Å². The molecule has 0 aliphatic carbocycles. The van der Waals surface area contributed by atoms with Crippen LogP contribution >= 0.6 is 47.8 Å². The minimum atomic E-state index is 0.0670. The molecule has 0 saturated carbocycles. The van der Waals surface area contributed by atoms with E-state index in [4.69, 9.17) is 0 Å². The molecule has 0 aromatic heterocycles. The summed E-state index contributed by atoms with van der Waals surface area (Å²) in [6, 6.07) is 17.3. The van der Waals surface area contributed by atoms with Gasteiger partial charge in [-0.3, -0.25) is 0 Å². The van der Waals surface area contributed by atoms with Gasteiger partial charge in [0.2, 0.25) is 0 Å². The van der Waals surface area contributed by atoms with Crippen LogP contribution in [-0.2, 0) is 11.8 Å². The highest BCUT2D eigenvalue weighted by Crippen LogP contribution is 2.34. The van der Waals surface area contributed by atoms with Crippen molar-refractivity contribution in [1.82, 2.24) is 0 Å². The van der Waals surface area contributed by atoms with Gasteiger partial charge in [-0.15, -0.1) is 0 Å². The van der Waals surface area contributed by atoms with Gasteiger partial charge in [-0.1, -0.05) is 95.8 Å². The van der Waals surface area contributed by atoms with Crippen molar-refractivity contribution in [2.24, 2.45) is 0 Å². The number of rotatable bonds is 5. The quantitative estimate of drug-likeness (QED) is 0.478. The summed E-state index contributed by atoms with van der Waals surface area (Å²) in [6.07, 6.45) is 0.994. The zero-order valence-corrected chi connectivity index (χ0v) is 16.1. The topological polar surface area (TPSA) is 0 Å². The van der Waals surface area contributed by atoms with Gasteiger partial charge in [-0.05, 0) is 30.5 Å². The second-order valence-corrected chi connectivity index (χ2v) is 7.16. The first kappa shape index (κ1) is 16.3. The van der Waals surface area contributed by atoms with E-state index in [1.165, 1.54) is 21.2 Å². The molecule has 2 rings (SSSR count). The summed E-state index contributed by atoms with van der Waals surface area (Å²) in [6.45, 7) is 2.13. The SMILES string of the molecule is Cc1ccc(C(CBr)(CBr)Cc2ccccc2Br)cc1. The molecule has 106 valence electrons. The lowest BCUT2D eigenvalue weighted by Crippen LogP contribution is -2.33. The van der Waals surface area contributed by atoms with E-state index < -0.39 is 0 Å². The van der Waals surface area contributed by atoms with Gasteiger partial charge in [0.05, 0.1) is 0 Å². The van der Waals surface area contributed by atoms with Crippen LogP contribution in [0, 0.1) is 6.92 Å². The molecule has 0 radical (unpaired) electrons. The van der Waals surface area contributed by atoms with Gasteiger partial charge < -0.3 is 0 Å². The predicted octanol–water partition coefficient (Wildman–Crippen LogP) is 6.03. The highest BCUT2D eigenvalue weighted by Gasteiger charge is 2.31. The lowest BCUT2D eigenvalue weighted by Gasteiger charge is -2.31. The summed E-state index contributed by atoms with van der Waals surface area (Å²) < 4.78 is 1.18. The molecule has 2 aromatic rings. The van der Waals surface area contributed by atoms with E-state index in [2.05, 4.69) is 103 Å². The number of halogens is 3. The van der Waals surface area contributed by atoms with Gasteiger partial charge >= 0.3 is 0 Å². The highest BCUT2D eigenvalue weighted by molar-refractivity contribution is 9.10. The maximum atomic E-state index is 3.73. The van der Waals surface area contributed by atoms with Gasteiger partial charge in [0.15, 0.2) is 0 Å². The van der Waals surface area contributed by atoms with Gasteiger partial charge in [0, 0.05) is 20.5 Å². The average Bonchev–Trinajstić information content (AvgIpc) is 2.48. The van der Waals surface area contributed by atoms with E-state index in [1.54, 1.807) is 0 Å². The smallest absolute Gasteiger partial charge is 0.0207 e. The Labute approximate surface area is 146 Å². The molecule has 0 aliphatic heterocycles. The summed E-state index contributed by atoms with van der Waals surface area (Å²) >= 11 is 11.1. The van der Waals surface area contributed by atoms with Crippen LogP contribution in [0.15, 0.2) is 53.0 Å². The number of hydrogen-bond donors (Lipinski definition) is 0. The van der Waals surface area contributed by atoms with Crippen LogP contribution in [0.2, 0.25) is 0 Å². The molecule has 20 heavy (non-hydrogen) atoms. The number of aryl methyl sites for hydroxylation is 1. The third-order valence-electron chi connectivity index (χ3n) is 3.66. The highest BCUT2D eigenvalue weighted by atomic mass is 79.9. The first-order valence-corrected chi connectivity index (χ1v) is 9.57. The van der Waals surface area contributed by atoms with Crippen molar-refractivity contribution in [3.05, 3.63) is 69.7 Å². The molecule has 0 heterocycles.